The van der Waals surface area contributed by atoms with Crippen LogP contribution in [0.15, 0.2) is 47.0 Å². The molecule has 1 aromatic heterocycles. The second-order valence-electron chi connectivity index (χ2n) is 7.69. The third-order valence-electron chi connectivity index (χ3n) is 4.81. The van der Waals surface area contributed by atoms with Crippen LogP contribution in [0, 0.1) is 11.7 Å². The number of rotatable bonds is 6. The summed E-state index contributed by atoms with van der Waals surface area (Å²) < 4.78 is 24.4. The number of amides is 1. The minimum atomic E-state index is -0.450. The summed E-state index contributed by atoms with van der Waals surface area (Å²) in [6.45, 7) is 5.17. The smallest absolute Gasteiger partial charge is 0.232 e. The van der Waals surface area contributed by atoms with Gasteiger partial charge in [0.15, 0.2) is 0 Å². The van der Waals surface area contributed by atoms with Gasteiger partial charge in [0.25, 0.3) is 0 Å². The van der Waals surface area contributed by atoms with E-state index < -0.39 is 5.82 Å². The first-order valence-corrected chi connectivity index (χ1v) is 10.1. The van der Waals surface area contributed by atoms with Gasteiger partial charge in [-0.2, -0.15) is 4.98 Å². The molecule has 0 saturated carbocycles. The number of carbonyl (C=O) groups excluding carboxylic acids is 1. The standard InChI is InChI=1S/C22H21ClFN3O3/c1-13(2)12-29-17-6-3-14(4-7-17)21-25-22(30-26-21)15-9-20(28)27(11-15)19-8-5-16(24)10-18(19)23/h3-8,10,13,15H,9,11-12H2,1-2H3. The lowest BCUT2D eigenvalue weighted by Crippen LogP contribution is -2.24. The Morgan fingerprint density at radius 2 is 2.03 bits per heavy atom. The van der Waals surface area contributed by atoms with Gasteiger partial charge in [0.05, 0.1) is 23.2 Å². The molecule has 2 aromatic carbocycles. The maximum Gasteiger partial charge on any atom is 0.232 e. The summed E-state index contributed by atoms with van der Waals surface area (Å²) in [6.07, 6.45) is 0.220. The van der Waals surface area contributed by atoms with E-state index in [2.05, 4.69) is 24.0 Å². The number of carbonyl (C=O) groups is 1. The molecule has 0 radical (unpaired) electrons. The molecule has 3 aromatic rings. The molecule has 30 heavy (non-hydrogen) atoms. The van der Waals surface area contributed by atoms with Crippen molar-refractivity contribution >= 4 is 23.2 Å². The number of hydrogen-bond acceptors (Lipinski definition) is 5. The van der Waals surface area contributed by atoms with Crippen molar-refractivity contribution in [1.29, 1.82) is 0 Å². The van der Waals surface area contributed by atoms with Crippen molar-refractivity contribution in [3.63, 3.8) is 0 Å². The minimum Gasteiger partial charge on any atom is -0.493 e. The van der Waals surface area contributed by atoms with Crippen LogP contribution in [0.4, 0.5) is 10.1 Å². The maximum atomic E-state index is 13.3. The van der Waals surface area contributed by atoms with E-state index in [1.54, 1.807) is 0 Å². The summed E-state index contributed by atoms with van der Waals surface area (Å²) in [4.78, 5) is 18.5. The summed E-state index contributed by atoms with van der Waals surface area (Å²) in [5.41, 5.74) is 1.27. The molecule has 0 N–H and O–H groups in total. The zero-order chi connectivity index (χ0) is 21.3. The first-order valence-electron chi connectivity index (χ1n) is 9.73. The number of halogens is 2. The van der Waals surface area contributed by atoms with Crippen molar-refractivity contribution in [2.75, 3.05) is 18.1 Å². The van der Waals surface area contributed by atoms with E-state index in [-0.39, 0.29) is 23.3 Å². The molecule has 0 aliphatic carbocycles. The van der Waals surface area contributed by atoms with Crippen molar-refractivity contribution in [3.05, 3.63) is 59.2 Å². The molecule has 0 spiro atoms. The molecule has 1 fully saturated rings. The average Bonchev–Trinajstić information content (AvgIpc) is 3.34. The Hall–Kier alpha value is -2.93. The Balaban J connectivity index is 1.47. The van der Waals surface area contributed by atoms with Gasteiger partial charge in [0.1, 0.15) is 11.6 Å². The van der Waals surface area contributed by atoms with Gasteiger partial charge in [0, 0.05) is 18.5 Å². The van der Waals surface area contributed by atoms with Crippen LogP contribution in [0.5, 0.6) is 5.75 Å². The molecule has 4 rings (SSSR count). The maximum absolute atomic E-state index is 13.3. The molecule has 156 valence electrons. The fourth-order valence-corrected chi connectivity index (χ4v) is 3.56. The molecule has 0 bridgehead atoms. The SMILES string of the molecule is CC(C)COc1ccc(-c2noc(C3CC(=O)N(c4ccc(F)cc4Cl)C3)n2)cc1. The number of ether oxygens (including phenoxy) is 1. The second-order valence-corrected chi connectivity index (χ2v) is 8.09. The van der Waals surface area contributed by atoms with Gasteiger partial charge in [0.2, 0.25) is 17.6 Å². The zero-order valence-corrected chi connectivity index (χ0v) is 17.4. The summed E-state index contributed by atoms with van der Waals surface area (Å²) >= 11 is 6.11. The highest BCUT2D eigenvalue weighted by Gasteiger charge is 2.36. The van der Waals surface area contributed by atoms with E-state index in [4.69, 9.17) is 20.9 Å². The average molecular weight is 430 g/mol. The Bertz CT molecular complexity index is 1050. The van der Waals surface area contributed by atoms with Crippen LogP contribution in [0.3, 0.4) is 0 Å². The highest BCUT2D eigenvalue weighted by Crippen LogP contribution is 2.35. The molecule has 1 aliphatic rings. The van der Waals surface area contributed by atoms with E-state index >= 15 is 0 Å². The summed E-state index contributed by atoms with van der Waals surface area (Å²) in [5.74, 6) is 1.24. The molecule has 1 atom stereocenters. The lowest BCUT2D eigenvalue weighted by molar-refractivity contribution is -0.117. The van der Waals surface area contributed by atoms with Crippen molar-refractivity contribution in [2.24, 2.45) is 5.92 Å². The van der Waals surface area contributed by atoms with Crippen LogP contribution in [0.1, 0.15) is 32.1 Å². The zero-order valence-electron chi connectivity index (χ0n) is 16.6. The number of hydrogen-bond donors (Lipinski definition) is 0. The molecule has 1 unspecified atom stereocenters. The molecule has 1 saturated heterocycles. The molecule has 8 heteroatoms. The van der Waals surface area contributed by atoms with Gasteiger partial charge in [-0.25, -0.2) is 4.39 Å². The molecular weight excluding hydrogens is 409 g/mol. The summed E-state index contributed by atoms with van der Waals surface area (Å²) in [6, 6.07) is 11.4. The van der Waals surface area contributed by atoms with Gasteiger partial charge < -0.3 is 14.2 Å². The van der Waals surface area contributed by atoms with Crippen LogP contribution in [0.2, 0.25) is 5.02 Å². The summed E-state index contributed by atoms with van der Waals surface area (Å²) in [5, 5.41) is 4.24. The largest absolute Gasteiger partial charge is 0.493 e. The Morgan fingerprint density at radius 1 is 1.27 bits per heavy atom. The van der Waals surface area contributed by atoms with E-state index in [1.807, 2.05) is 24.3 Å². The number of anilines is 1. The Morgan fingerprint density at radius 3 is 2.73 bits per heavy atom. The third kappa shape index (κ3) is 4.31. The molecule has 2 heterocycles. The highest BCUT2D eigenvalue weighted by atomic mass is 35.5. The minimum absolute atomic E-state index is 0.125. The van der Waals surface area contributed by atoms with E-state index in [0.717, 1.165) is 11.3 Å². The highest BCUT2D eigenvalue weighted by molar-refractivity contribution is 6.33. The Kier molecular flexibility index (Phi) is 5.72. The first kappa shape index (κ1) is 20.3. The van der Waals surface area contributed by atoms with Crippen LogP contribution in [0.25, 0.3) is 11.4 Å². The van der Waals surface area contributed by atoms with E-state index in [0.29, 0.717) is 36.5 Å². The van der Waals surface area contributed by atoms with Crippen LogP contribution in [-0.4, -0.2) is 29.2 Å². The van der Waals surface area contributed by atoms with Crippen molar-refractivity contribution in [2.45, 2.75) is 26.2 Å². The topological polar surface area (TPSA) is 68.5 Å². The monoisotopic (exact) mass is 429 g/mol. The van der Waals surface area contributed by atoms with Crippen LogP contribution < -0.4 is 9.64 Å². The first-order chi connectivity index (χ1) is 14.4. The van der Waals surface area contributed by atoms with Gasteiger partial charge >= 0.3 is 0 Å². The fraction of sp³-hybridized carbons (Fsp3) is 0.318. The van der Waals surface area contributed by atoms with Crippen molar-refractivity contribution < 1.29 is 18.4 Å². The van der Waals surface area contributed by atoms with Crippen LogP contribution in [-0.2, 0) is 4.79 Å². The molecule has 1 aliphatic heterocycles. The van der Waals surface area contributed by atoms with Gasteiger partial charge in [-0.05, 0) is 48.4 Å². The fourth-order valence-electron chi connectivity index (χ4n) is 3.29. The lowest BCUT2D eigenvalue weighted by atomic mass is 10.1. The van der Waals surface area contributed by atoms with Gasteiger partial charge in [-0.3, -0.25) is 4.79 Å². The third-order valence-corrected chi connectivity index (χ3v) is 5.12. The number of aromatic nitrogens is 2. The summed E-state index contributed by atoms with van der Waals surface area (Å²) in [7, 11) is 0. The normalized spacial score (nSPS) is 16.5. The molecular formula is C22H21ClFN3O3. The van der Waals surface area contributed by atoms with Crippen LogP contribution >= 0.6 is 11.6 Å². The van der Waals surface area contributed by atoms with Crippen molar-refractivity contribution in [1.82, 2.24) is 10.1 Å². The van der Waals surface area contributed by atoms with Crippen molar-refractivity contribution in [3.8, 4) is 17.1 Å². The quantitative estimate of drug-likeness (QED) is 0.546. The van der Waals surface area contributed by atoms with Gasteiger partial charge in [-0.15, -0.1) is 0 Å². The molecule has 6 nitrogen and oxygen atoms in total. The predicted molar refractivity (Wildman–Crippen MR) is 111 cm³/mol. The van der Waals surface area contributed by atoms with E-state index in [1.165, 1.54) is 23.1 Å². The molecule has 1 amide bonds. The number of nitrogens with zero attached hydrogens (tertiary/aromatic N) is 3. The Labute approximate surface area is 178 Å². The second kappa shape index (κ2) is 8.44. The van der Waals surface area contributed by atoms with E-state index in [9.17, 15) is 9.18 Å². The predicted octanol–water partition coefficient (Wildman–Crippen LogP) is 5.08. The lowest BCUT2D eigenvalue weighted by Gasteiger charge is -2.17. The van der Waals surface area contributed by atoms with Gasteiger partial charge in [-0.1, -0.05) is 30.6 Å². The number of benzene rings is 2.